The summed E-state index contributed by atoms with van der Waals surface area (Å²) in [6.07, 6.45) is 4.12. The molecule has 1 aliphatic heterocycles. The zero-order valence-corrected chi connectivity index (χ0v) is 18.1. The van der Waals surface area contributed by atoms with Gasteiger partial charge in [-0.05, 0) is 41.0 Å². The molecule has 0 aromatic heterocycles. The molecule has 2 rings (SSSR count). The highest BCUT2D eigenvalue weighted by Gasteiger charge is 2.28. The van der Waals surface area contributed by atoms with E-state index in [1.165, 1.54) is 0 Å². The number of carbonyl (C=O) groups is 1. The molecule has 1 heterocycles. The van der Waals surface area contributed by atoms with Crippen LogP contribution in [0.15, 0.2) is 17.0 Å². The Morgan fingerprint density at radius 3 is 2.12 bits per heavy atom. The second-order valence-electron chi connectivity index (χ2n) is 9.17. The summed E-state index contributed by atoms with van der Waals surface area (Å²) >= 11 is 1.61. The second-order valence-corrected chi connectivity index (χ2v) is 10.2. The predicted octanol–water partition coefficient (Wildman–Crippen LogP) is 5.66. The van der Waals surface area contributed by atoms with Gasteiger partial charge >= 0.3 is 0 Å². The maximum Gasteiger partial charge on any atom is 0.261 e. The van der Waals surface area contributed by atoms with Crippen molar-refractivity contribution in [2.45, 2.75) is 72.1 Å². The van der Waals surface area contributed by atoms with E-state index < -0.39 is 0 Å². The quantitative estimate of drug-likeness (QED) is 0.690. The number of nitrogens with zero attached hydrogens (tertiary/aromatic N) is 1. The molecule has 26 heavy (non-hydrogen) atoms. The number of unbranched alkanes of at least 4 members (excludes halogenated alkanes) is 1. The fourth-order valence-corrected chi connectivity index (χ4v) is 4.09. The van der Waals surface area contributed by atoms with Gasteiger partial charge in [0.15, 0.2) is 0 Å². The van der Waals surface area contributed by atoms with Crippen molar-refractivity contribution in [1.29, 1.82) is 0 Å². The van der Waals surface area contributed by atoms with Crippen LogP contribution in [0.5, 0.6) is 5.75 Å². The topological polar surface area (TPSA) is 40.5 Å². The van der Waals surface area contributed by atoms with E-state index in [0.29, 0.717) is 5.75 Å². The van der Waals surface area contributed by atoms with Gasteiger partial charge in [0.05, 0.1) is 10.8 Å². The molecule has 4 heteroatoms. The Morgan fingerprint density at radius 1 is 1.12 bits per heavy atom. The summed E-state index contributed by atoms with van der Waals surface area (Å²) in [5.41, 5.74) is 2.51. The molecule has 0 unspecified atom stereocenters. The van der Waals surface area contributed by atoms with Crippen LogP contribution in [0.3, 0.4) is 0 Å². The first kappa shape index (κ1) is 20.9. The molecule has 0 spiro atoms. The first-order chi connectivity index (χ1) is 11.9. The van der Waals surface area contributed by atoms with E-state index >= 15 is 0 Å². The van der Waals surface area contributed by atoms with E-state index in [1.807, 2.05) is 23.1 Å². The third kappa shape index (κ3) is 4.64. The molecule has 144 valence electrons. The van der Waals surface area contributed by atoms with E-state index in [0.717, 1.165) is 46.9 Å². The SMILES string of the molecule is CCCCN1CS/C(=C\c2cc(C(C)(C)C)c(O)c(C(C)(C)C)c2)C1=O. The van der Waals surface area contributed by atoms with Crippen molar-refractivity contribution in [2.75, 3.05) is 12.4 Å². The van der Waals surface area contributed by atoms with Crippen molar-refractivity contribution in [3.63, 3.8) is 0 Å². The average molecular weight is 376 g/mol. The van der Waals surface area contributed by atoms with Crippen molar-refractivity contribution in [3.8, 4) is 5.75 Å². The van der Waals surface area contributed by atoms with Crippen LogP contribution in [-0.4, -0.2) is 28.3 Å². The Morgan fingerprint density at radius 2 is 1.65 bits per heavy atom. The van der Waals surface area contributed by atoms with Gasteiger partial charge in [-0.25, -0.2) is 0 Å². The predicted molar refractivity (Wildman–Crippen MR) is 113 cm³/mol. The molecule has 0 aliphatic carbocycles. The molecule has 1 N–H and O–H groups in total. The molecule has 3 nitrogen and oxygen atoms in total. The van der Waals surface area contributed by atoms with Gasteiger partial charge in [0, 0.05) is 17.7 Å². The minimum absolute atomic E-state index is 0.131. The first-order valence-electron chi connectivity index (χ1n) is 9.47. The zero-order chi connectivity index (χ0) is 19.7. The van der Waals surface area contributed by atoms with Gasteiger partial charge in [-0.3, -0.25) is 4.79 Å². The Kier molecular flexibility index (Phi) is 6.17. The number of hydrogen-bond donors (Lipinski definition) is 1. The van der Waals surface area contributed by atoms with Gasteiger partial charge in [-0.15, -0.1) is 0 Å². The highest BCUT2D eigenvalue weighted by Crippen LogP contribution is 2.41. The number of benzene rings is 1. The largest absolute Gasteiger partial charge is 0.507 e. The summed E-state index contributed by atoms with van der Waals surface area (Å²) in [6.45, 7) is 15.6. The number of phenolic OH excluding ortho intramolecular Hbond substituents is 1. The van der Waals surface area contributed by atoms with E-state index in [2.05, 4.69) is 48.5 Å². The summed E-state index contributed by atoms with van der Waals surface area (Å²) in [5, 5.41) is 10.8. The van der Waals surface area contributed by atoms with Crippen LogP contribution in [0.1, 0.15) is 78.0 Å². The smallest absolute Gasteiger partial charge is 0.261 e. The Balaban J connectivity index is 2.46. The van der Waals surface area contributed by atoms with Gasteiger partial charge in [0.1, 0.15) is 5.75 Å². The van der Waals surface area contributed by atoms with Crippen molar-refractivity contribution in [3.05, 3.63) is 33.7 Å². The summed E-state index contributed by atoms with van der Waals surface area (Å²) in [7, 11) is 0. The van der Waals surface area contributed by atoms with Crippen molar-refractivity contribution < 1.29 is 9.90 Å². The monoisotopic (exact) mass is 375 g/mol. The molecular formula is C22H33NO2S. The fraction of sp³-hybridized carbons (Fsp3) is 0.591. The highest BCUT2D eigenvalue weighted by atomic mass is 32.2. The van der Waals surface area contributed by atoms with Crippen LogP contribution in [0.2, 0.25) is 0 Å². The van der Waals surface area contributed by atoms with Gasteiger partial charge in [0.25, 0.3) is 5.91 Å². The first-order valence-corrected chi connectivity index (χ1v) is 10.5. The number of carbonyl (C=O) groups excluding carboxylic acids is 1. The van der Waals surface area contributed by atoms with Crippen molar-refractivity contribution in [1.82, 2.24) is 4.90 Å². The number of phenols is 1. The van der Waals surface area contributed by atoms with Gasteiger partial charge in [-0.2, -0.15) is 0 Å². The summed E-state index contributed by atoms with van der Waals surface area (Å²) in [5.74, 6) is 1.24. The number of amides is 1. The molecule has 0 atom stereocenters. The third-order valence-electron chi connectivity index (χ3n) is 4.70. The maximum atomic E-state index is 12.6. The van der Waals surface area contributed by atoms with Gasteiger partial charge in [0.2, 0.25) is 0 Å². The van der Waals surface area contributed by atoms with Crippen LogP contribution >= 0.6 is 11.8 Å². The van der Waals surface area contributed by atoms with Crippen LogP contribution in [0.4, 0.5) is 0 Å². The molecule has 1 aliphatic rings. The second kappa shape index (κ2) is 7.67. The Bertz CT molecular complexity index is 673. The fourth-order valence-electron chi connectivity index (χ4n) is 3.08. The zero-order valence-electron chi connectivity index (χ0n) is 17.3. The summed E-state index contributed by atoms with van der Waals surface area (Å²) in [4.78, 5) is 15.4. The molecule has 0 radical (unpaired) electrons. The molecule has 1 amide bonds. The average Bonchev–Trinajstić information content (AvgIpc) is 2.85. The standard InChI is InChI=1S/C22H33NO2S/c1-8-9-10-23-14-26-18(20(23)25)13-15-11-16(21(2,3)4)19(24)17(12-15)22(5,6)7/h11-13,24H,8-10,14H2,1-7H3/b18-13-. The number of rotatable bonds is 4. The molecular weight excluding hydrogens is 342 g/mol. The lowest BCUT2D eigenvalue weighted by Gasteiger charge is -2.28. The van der Waals surface area contributed by atoms with E-state index in [9.17, 15) is 9.90 Å². The number of aromatic hydroxyl groups is 1. The lowest BCUT2D eigenvalue weighted by molar-refractivity contribution is -0.124. The van der Waals surface area contributed by atoms with Gasteiger partial charge < -0.3 is 10.0 Å². The molecule has 1 aromatic carbocycles. The van der Waals surface area contributed by atoms with Crippen molar-refractivity contribution in [2.24, 2.45) is 0 Å². The van der Waals surface area contributed by atoms with E-state index in [1.54, 1.807) is 11.8 Å². The van der Waals surface area contributed by atoms with Crippen LogP contribution in [0, 0.1) is 0 Å². The molecule has 0 saturated carbocycles. The van der Waals surface area contributed by atoms with Gasteiger partial charge in [-0.1, -0.05) is 66.6 Å². The third-order valence-corrected chi connectivity index (χ3v) is 5.75. The Hall–Kier alpha value is -1.42. The minimum atomic E-state index is -0.168. The Labute approximate surface area is 162 Å². The van der Waals surface area contributed by atoms with E-state index in [4.69, 9.17) is 0 Å². The lowest BCUT2D eigenvalue weighted by Crippen LogP contribution is -2.25. The molecule has 1 aromatic rings. The molecule has 0 bridgehead atoms. The molecule has 1 fully saturated rings. The lowest BCUT2D eigenvalue weighted by atomic mass is 9.78. The van der Waals surface area contributed by atoms with E-state index in [-0.39, 0.29) is 16.7 Å². The summed E-state index contributed by atoms with van der Waals surface area (Å²) < 4.78 is 0. The van der Waals surface area contributed by atoms with Crippen molar-refractivity contribution >= 4 is 23.7 Å². The van der Waals surface area contributed by atoms with Crippen LogP contribution < -0.4 is 0 Å². The van der Waals surface area contributed by atoms with Crippen LogP contribution in [0.25, 0.3) is 6.08 Å². The molecule has 1 saturated heterocycles. The summed E-state index contributed by atoms with van der Waals surface area (Å²) in [6, 6.07) is 4.06. The highest BCUT2D eigenvalue weighted by molar-refractivity contribution is 8.04. The minimum Gasteiger partial charge on any atom is -0.507 e. The normalized spacial score (nSPS) is 17.4. The number of hydrogen-bond acceptors (Lipinski definition) is 3. The van der Waals surface area contributed by atoms with Crippen LogP contribution in [-0.2, 0) is 15.6 Å². The number of thioether (sulfide) groups is 1. The maximum absolute atomic E-state index is 12.6.